The number of methoxy groups -OCH3 is 1. The molecule has 0 bridgehead atoms. The van der Waals surface area contributed by atoms with Crippen molar-refractivity contribution in [3.05, 3.63) is 53.6 Å². The van der Waals surface area contributed by atoms with Crippen LogP contribution in [0.1, 0.15) is 6.42 Å². The highest BCUT2D eigenvalue weighted by atomic mass is 35.5. The Morgan fingerprint density at radius 1 is 1.12 bits per heavy atom. The lowest BCUT2D eigenvalue weighted by atomic mass is 10.2. The van der Waals surface area contributed by atoms with Crippen LogP contribution in [0, 0.1) is 0 Å². The van der Waals surface area contributed by atoms with Crippen LogP contribution in [0.4, 0.5) is 11.4 Å². The maximum atomic E-state index is 12.2. The lowest BCUT2D eigenvalue weighted by molar-refractivity contribution is -0.116. The number of rotatable bonds is 6. The summed E-state index contributed by atoms with van der Waals surface area (Å²) in [5.41, 5.74) is 1.92. The largest absolute Gasteiger partial charge is 0.497 e. The van der Waals surface area contributed by atoms with E-state index in [1.165, 1.54) is 0 Å². The van der Waals surface area contributed by atoms with Gasteiger partial charge in [0.05, 0.1) is 7.11 Å². The average molecular weight is 374 g/mol. The van der Waals surface area contributed by atoms with Gasteiger partial charge in [-0.25, -0.2) is 0 Å². The van der Waals surface area contributed by atoms with Gasteiger partial charge < -0.3 is 15.0 Å². The van der Waals surface area contributed by atoms with E-state index in [2.05, 4.69) is 21.2 Å². The molecule has 2 aromatic rings. The lowest BCUT2D eigenvalue weighted by Crippen LogP contribution is -2.47. The van der Waals surface area contributed by atoms with Crippen molar-refractivity contribution in [2.45, 2.75) is 6.42 Å². The molecule has 6 heteroatoms. The molecule has 0 radical (unpaired) electrons. The highest BCUT2D eigenvalue weighted by molar-refractivity contribution is 6.30. The van der Waals surface area contributed by atoms with Crippen LogP contribution >= 0.6 is 11.6 Å². The number of carbonyl (C=O) groups excluding carboxylic acids is 1. The van der Waals surface area contributed by atoms with Gasteiger partial charge in [-0.3, -0.25) is 9.69 Å². The number of hydrogen-bond donors (Lipinski definition) is 1. The van der Waals surface area contributed by atoms with Gasteiger partial charge in [-0.2, -0.15) is 0 Å². The van der Waals surface area contributed by atoms with Gasteiger partial charge in [0, 0.05) is 61.6 Å². The molecule has 1 N–H and O–H groups in total. The summed E-state index contributed by atoms with van der Waals surface area (Å²) in [5, 5.41) is 3.69. The number of piperazine rings is 1. The summed E-state index contributed by atoms with van der Waals surface area (Å²) in [6.07, 6.45) is 0.481. The number of benzene rings is 2. The average Bonchev–Trinajstić information content (AvgIpc) is 2.67. The zero-order valence-corrected chi connectivity index (χ0v) is 15.7. The molecule has 0 spiro atoms. The number of nitrogens with one attached hydrogen (secondary N) is 1. The summed E-state index contributed by atoms with van der Waals surface area (Å²) in [6.45, 7) is 4.53. The standard InChI is InChI=1S/C20H24ClN3O2/c1-26-19-7-3-5-17(15-19)22-20(25)8-9-23-10-12-24(13-11-23)18-6-2-4-16(21)14-18/h2-7,14-15H,8-13H2,1H3,(H,22,25). The van der Waals surface area contributed by atoms with Crippen LogP contribution in [0.25, 0.3) is 0 Å². The van der Waals surface area contributed by atoms with Crippen molar-refractivity contribution in [2.24, 2.45) is 0 Å². The highest BCUT2D eigenvalue weighted by Gasteiger charge is 2.18. The van der Waals surface area contributed by atoms with Crippen LogP contribution in [0.2, 0.25) is 5.02 Å². The molecule has 1 aliphatic rings. The fourth-order valence-corrected chi connectivity index (χ4v) is 3.27. The predicted molar refractivity (Wildman–Crippen MR) is 106 cm³/mol. The van der Waals surface area contributed by atoms with Crippen LogP contribution in [-0.2, 0) is 4.79 Å². The van der Waals surface area contributed by atoms with Crippen molar-refractivity contribution in [3.8, 4) is 5.75 Å². The van der Waals surface area contributed by atoms with Crippen molar-refractivity contribution in [3.63, 3.8) is 0 Å². The number of carbonyl (C=O) groups is 1. The van der Waals surface area contributed by atoms with Gasteiger partial charge in [-0.15, -0.1) is 0 Å². The Morgan fingerprint density at radius 3 is 2.62 bits per heavy atom. The first-order chi connectivity index (χ1) is 12.6. The fraction of sp³-hybridized carbons (Fsp3) is 0.350. The molecule has 0 unspecified atom stereocenters. The van der Waals surface area contributed by atoms with E-state index in [4.69, 9.17) is 16.3 Å². The topological polar surface area (TPSA) is 44.8 Å². The van der Waals surface area contributed by atoms with Gasteiger partial charge in [0.1, 0.15) is 5.75 Å². The predicted octanol–water partition coefficient (Wildman–Crippen LogP) is 3.50. The summed E-state index contributed by atoms with van der Waals surface area (Å²) >= 11 is 6.07. The van der Waals surface area contributed by atoms with Crippen LogP contribution < -0.4 is 15.0 Å². The molecule has 1 aliphatic heterocycles. The van der Waals surface area contributed by atoms with E-state index in [9.17, 15) is 4.79 Å². The Hall–Kier alpha value is -2.24. The summed E-state index contributed by atoms with van der Waals surface area (Å²) in [4.78, 5) is 16.8. The highest BCUT2D eigenvalue weighted by Crippen LogP contribution is 2.21. The molecule has 0 aliphatic carbocycles. The number of hydrogen-bond acceptors (Lipinski definition) is 4. The first-order valence-electron chi connectivity index (χ1n) is 8.81. The SMILES string of the molecule is COc1cccc(NC(=O)CCN2CCN(c3cccc(Cl)c3)CC2)c1. The van der Waals surface area contributed by atoms with Crippen molar-refractivity contribution in [1.29, 1.82) is 0 Å². The molecule has 138 valence electrons. The van der Waals surface area contributed by atoms with Gasteiger partial charge >= 0.3 is 0 Å². The molecule has 1 saturated heterocycles. The molecule has 0 aromatic heterocycles. The van der Waals surface area contributed by atoms with E-state index in [1.807, 2.05) is 42.5 Å². The minimum absolute atomic E-state index is 0.0236. The van der Waals surface area contributed by atoms with Gasteiger partial charge in [0.25, 0.3) is 0 Å². The molecule has 0 saturated carbocycles. The maximum Gasteiger partial charge on any atom is 0.225 e. The zero-order valence-electron chi connectivity index (χ0n) is 15.0. The molecule has 1 fully saturated rings. The second kappa shape index (κ2) is 8.92. The van der Waals surface area contributed by atoms with E-state index in [0.717, 1.165) is 54.9 Å². The third kappa shape index (κ3) is 5.13. The number of nitrogens with zero attached hydrogens (tertiary/aromatic N) is 2. The Kier molecular flexibility index (Phi) is 6.36. The fourth-order valence-electron chi connectivity index (χ4n) is 3.09. The molecular weight excluding hydrogens is 350 g/mol. The molecule has 5 nitrogen and oxygen atoms in total. The van der Waals surface area contributed by atoms with Gasteiger partial charge in [-0.05, 0) is 30.3 Å². The Balaban J connectivity index is 1.42. The number of anilines is 2. The van der Waals surface area contributed by atoms with Crippen LogP contribution in [-0.4, -0.2) is 50.6 Å². The summed E-state index contributed by atoms with van der Waals surface area (Å²) in [6, 6.07) is 15.4. The zero-order chi connectivity index (χ0) is 18.4. The monoisotopic (exact) mass is 373 g/mol. The van der Waals surface area contributed by atoms with Crippen molar-refractivity contribution < 1.29 is 9.53 Å². The van der Waals surface area contributed by atoms with E-state index in [0.29, 0.717) is 6.42 Å². The van der Waals surface area contributed by atoms with E-state index in [-0.39, 0.29) is 5.91 Å². The Morgan fingerprint density at radius 2 is 1.88 bits per heavy atom. The van der Waals surface area contributed by atoms with E-state index >= 15 is 0 Å². The third-order valence-corrected chi connectivity index (χ3v) is 4.79. The quantitative estimate of drug-likeness (QED) is 0.841. The number of ether oxygens (including phenoxy) is 1. The van der Waals surface area contributed by atoms with E-state index in [1.54, 1.807) is 7.11 Å². The lowest BCUT2D eigenvalue weighted by Gasteiger charge is -2.36. The molecular formula is C20H24ClN3O2. The minimum Gasteiger partial charge on any atom is -0.497 e. The second-order valence-corrected chi connectivity index (χ2v) is 6.78. The number of amides is 1. The summed E-state index contributed by atoms with van der Waals surface area (Å²) in [5.74, 6) is 0.760. The smallest absolute Gasteiger partial charge is 0.225 e. The van der Waals surface area contributed by atoms with Crippen LogP contribution in [0.15, 0.2) is 48.5 Å². The van der Waals surface area contributed by atoms with Gasteiger partial charge in [-0.1, -0.05) is 23.7 Å². The van der Waals surface area contributed by atoms with Crippen molar-refractivity contribution in [1.82, 2.24) is 4.90 Å². The van der Waals surface area contributed by atoms with Crippen molar-refractivity contribution in [2.75, 3.05) is 50.1 Å². The molecule has 26 heavy (non-hydrogen) atoms. The molecule has 1 heterocycles. The molecule has 2 aromatic carbocycles. The first-order valence-corrected chi connectivity index (χ1v) is 9.18. The van der Waals surface area contributed by atoms with Gasteiger partial charge in [0.2, 0.25) is 5.91 Å². The summed E-state index contributed by atoms with van der Waals surface area (Å²) < 4.78 is 5.17. The van der Waals surface area contributed by atoms with Gasteiger partial charge in [0.15, 0.2) is 0 Å². The Labute approximate surface area is 159 Å². The second-order valence-electron chi connectivity index (χ2n) is 6.34. The first kappa shape index (κ1) is 18.5. The summed E-state index contributed by atoms with van der Waals surface area (Å²) in [7, 11) is 1.62. The van der Waals surface area contributed by atoms with Crippen LogP contribution in [0.5, 0.6) is 5.75 Å². The molecule has 0 atom stereocenters. The Bertz CT molecular complexity index is 745. The van der Waals surface area contributed by atoms with Crippen molar-refractivity contribution >= 4 is 28.9 Å². The third-order valence-electron chi connectivity index (χ3n) is 4.55. The molecule has 3 rings (SSSR count). The normalized spacial score (nSPS) is 14.9. The minimum atomic E-state index is 0.0236. The maximum absolute atomic E-state index is 12.2. The molecule has 1 amide bonds. The number of halogens is 1. The van der Waals surface area contributed by atoms with E-state index < -0.39 is 0 Å². The van der Waals surface area contributed by atoms with Crippen LogP contribution in [0.3, 0.4) is 0 Å².